The van der Waals surface area contributed by atoms with E-state index >= 15 is 0 Å². The number of aromatic nitrogens is 1. The maximum absolute atomic E-state index is 8.56. The van der Waals surface area contributed by atoms with Crippen LogP contribution in [0.15, 0.2) is 12.3 Å². The number of nitrogens with zero attached hydrogens (tertiary/aromatic N) is 1. The molecule has 1 heterocycles. The quantitative estimate of drug-likeness (QED) is 0.389. The van der Waals surface area contributed by atoms with Crippen LogP contribution in [0.5, 0.6) is 0 Å². The van der Waals surface area contributed by atoms with Crippen molar-refractivity contribution in [2.24, 2.45) is 0 Å². The van der Waals surface area contributed by atoms with Crippen LogP contribution in [0, 0.1) is 0 Å². The van der Waals surface area contributed by atoms with Crippen molar-refractivity contribution in [3.63, 3.8) is 0 Å². The lowest BCUT2D eigenvalue weighted by atomic mass is 9.74. The van der Waals surface area contributed by atoms with E-state index in [1.165, 1.54) is 0 Å². The van der Waals surface area contributed by atoms with E-state index in [1.807, 2.05) is 12.3 Å². The van der Waals surface area contributed by atoms with Crippen molar-refractivity contribution < 1.29 is 5.21 Å². The molecule has 0 fully saturated rings. The first kappa shape index (κ1) is 8.36. The molecule has 1 rings (SSSR count). The monoisotopic (exact) mass is 170 g/mol. The Kier molecular flexibility index (Phi) is 2.73. The summed E-state index contributed by atoms with van der Waals surface area (Å²) in [5.41, 5.74) is 3.46. The summed E-state index contributed by atoms with van der Waals surface area (Å²) >= 11 is 5.62. The van der Waals surface area contributed by atoms with E-state index in [-0.39, 0.29) is 5.15 Å². The third kappa shape index (κ3) is 1.85. The Morgan fingerprint density at radius 1 is 1.73 bits per heavy atom. The van der Waals surface area contributed by atoms with Crippen LogP contribution >= 0.6 is 11.6 Å². The maximum atomic E-state index is 8.56. The number of anilines is 1. The van der Waals surface area contributed by atoms with Crippen molar-refractivity contribution in [3.8, 4) is 0 Å². The van der Waals surface area contributed by atoms with Gasteiger partial charge in [-0.3, -0.25) is 10.7 Å². The largest absolute Gasteiger partial charge is 0.291 e. The van der Waals surface area contributed by atoms with Crippen LogP contribution in [0.25, 0.3) is 0 Å². The number of pyridine rings is 1. The van der Waals surface area contributed by atoms with Gasteiger partial charge in [0.05, 0.1) is 5.69 Å². The number of hydrogen-bond acceptors (Lipinski definition) is 3. The molecule has 0 aliphatic heterocycles. The maximum Gasteiger partial charge on any atom is 0.156 e. The van der Waals surface area contributed by atoms with E-state index in [2.05, 4.69) is 4.98 Å². The summed E-state index contributed by atoms with van der Waals surface area (Å²) in [6.45, 7) is 2.01. The van der Waals surface area contributed by atoms with E-state index in [1.54, 1.807) is 12.3 Å². The molecule has 0 aliphatic carbocycles. The fourth-order valence-corrected chi connectivity index (χ4v) is 0.909. The second-order valence-corrected chi connectivity index (χ2v) is 2.51. The van der Waals surface area contributed by atoms with E-state index in [0.717, 1.165) is 12.7 Å². The Morgan fingerprint density at radius 2 is 2.45 bits per heavy atom. The second-order valence-electron chi connectivity index (χ2n) is 2.15. The van der Waals surface area contributed by atoms with Gasteiger partial charge in [-0.1, -0.05) is 23.9 Å². The van der Waals surface area contributed by atoms with E-state index < -0.39 is 0 Å². The molecule has 0 aliphatic rings. The third-order valence-corrected chi connectivity index (χ3v) is 1.73. The van der Waals surface area contributed by atoms with Crippen LogP contribution in [0.4, 0.5) is 5.69 Å². The first-order chi connectivity index (χ1) is 5.27. The molecule has 0 atom stereocenters. The van der Waals surface area contributed by atoms with Crippen LogP contribution in [-0.4, -0.2) is 17.5 Å². The highest BCUT2D eigenvalue weighted by Gasteiger charge is 2.00. The lowest BCUT2D eigenvalue weighted by molar-refractivity contribution is 0.389. The van der Waals surface area contributed by atoms with Crippen molar-refractivity contribution in [3.05, 3.63) is 17.4 Å². The molecule has 0 saturated carbocycles. The van der Waals surface area contributed by atoms with Crippen molar-refractivity contribution in [2.45, 2.75) is 6.82 Å². The molecule has 1 aromatic heterocycles. The fourth-order valence-electron chi connectivity index (χ4n) is 0.763. The topological polar surface area (TPSA) is 45.2 Å². The highest BCUT2D eigenvalue weighted by atomic mass is 35.5. The average molecular weight is 170 g/mol. The van der Waals surface area contributed by atoms with Crippen LogP contribution in [0.3, 0.4) is 0 Å². The summed E-state index contributed by atoms with van der Waals surface area (Å²) in [7, 11) is 0.874. The van der Waals surface area contributed by atoms with Gasteiger partial charge in [-0.25, -0.2) is 4.98 Å². The highest BCUT2D eigenvalue weighted by molar-refractivity contribution is 6.52. The molecule has 0 aromatic carbocycles. The van der Waals surface area contributed by atoms with Gasteiger partial charge >= 0.3 is 0 Å². The number of halogens is 1. The lowest BCUT2D eigenvalue weighted by Gasteiger charge is -2.02. The van der Waals surface area contributed by atoms with Gasteiger partial charge in [0, 0.05) is 6.20 Å². The minimum absolute atomic E-state index is 0.282. The van der Waals surface area contributed by atoms with Crippen LogP contribution in [0.2, 0.25) is 12.0 Å². The van der Waals surface area contributed by atoms with Crippen molar-refractivity contribution >= 4 is 30.0 Å². The summed E-state index contributed by atoms with van der Waals surface area (Å²) in [6.07, 6.45) is 1.68. The fraction of sp³-hybridized carbons (Fsp3) is 0.167. The summed E-state index contributed by atoms with van der Waals surface area (Å²) < 4.78 is 0. The summed E-state index contributed by atoms with van der Waals surface area (Å²) in [5, 5.41) is 8.85. The van der Waals surface area contributed by atoms with Crippen LogP contribution in [0.1, 0.15) is 0 Å². The molecule has 0 amide bonds. The number of rotatable bonds is 2. The molecule has 1 aromatic rings. The minimum Gasteiger partial charge on any atom is -0.291 e. The lowest BCUT2D eigenvalue weighted by Crippen LogP contribution is -2.12. The predicted octanol–water partition coefficient (Wildman–Crippen LogP) is 0.646. The first-order valence-corrected chi connectivity index (χ1v) is 3.70. The smallest absolute Gasteiger partial charge is 0.156 e. The summed E-state index contributed by atoms with van der Waals surface area (Å²) in [4.78, 5) is 3.86. The van der Waals surface area contributed by atoms with Gasteiger partial charge in [0.1, 0.15) is 0 Å². The molecule has 0 bridgehead atoms. The van der Waals surface area contributed by atoms with Gasteiger partial charge < -0.3 is 0 Å². The van der Waals surface area contributed by atoms with E-state index in [4.69, 9.17) is 16.8 Å². The Bertz CT molecular complexity index is 256. The molecule has 5 heteroatoms. The Morgan fingerprint density at radius 3 is 3.00 bits per heavy atom. The Labute approximate surface area is 70.6 Å². The van der Waals surface area contributed by atoms with Gasteiger partial charge in [-0.15, -0.1) is 0 Å². The molecule has 0 spiro atoms. The normalized spacial score (nSPS) is 9.36. The minimum atomic E-state index is 0.282. The van der Waals surface area contributed by atoms with Crippen molar-refractivity contribution in [1.82, 2.24) is 4.98 Å². The van der Waals surface area contributed by atoms with E-state index in [9.17, 15) is 0 Å². The molecule has 0 radical (unpaired) electrons. The van der Waals surface area contributed by atoms with Gasteiger partial charge in [-0.05, 0) is 6.07 Å². The summed E-state index contributed by atoms with van der Waals surface area (Å²) in [6, 6.07) is 1.76. The molecular formula is C6H8BClN2O. The molecule has 11 heavy (non-hydrogen) atoms. The van der Waals surface area contributed by atoms with Crippen molar-refractivity contribution in [2.75, 3.05) is 5.48 Å². The van der Waals surface area contributed by atoms with Crippen molar-refractivity contribution in [1.29, 1.82) is 0 Å². The molecule has 2 N–H and O–H groups in total. The Hall–Kier alpha value is -0.735. The first-order valence-electron chi connectivity index (χ1n) is 3.32. The van der Waals surface area contributed by atoms with Crippen LogP contribution < -0.4 is 10.9 Å². The average Bonchev–Trinajstić information content (AvgIpc) is 2.05. The van der Waals surface area contributed by atoms with Gasteiger partial charge in [0.2, 0.25) is 0 Å². The zero-order chi connectivity index (χ0) is 8.27. The number of nitrogens with one attached hydrogen (secondary N) is 1. The Balaban J connectivity index is 3.02. The SMILES string of the molecule is CBc1cnc(Cl)c(NO)c1. The zero-order valence-corrected chi connectivity index (χ0v) is 6.89. The van der Waals surface area contributed by atoms with Gasteiger partial charge in [-0.2, -0.15) is 0 Å². The predicted molar refractivity (Wildman–Crippen MR) is 47.3 cm³/mol. The summed E-state index contributed by atoms with van der Waals surface area (Å²) in [5.74, 6) is 0. The highest BCUT2D eigenvalue weighted by Crippen LogP contribution is 2.14. The number of hydrogen-bond donors (Lipinski definition) is 2. The van der Waals surface area contributed by atoms with Gasteiger partial charge in [0.15, 0.2) is 12.4 Å². The van der Waals surface area contributed by atoms with Gasteiger partial charge in [0.25, 0.3) is 0 Å². The van der Waals surface area contributed by atoms with Crippen LogP contribution in [-0.2, 0) is 0 Å². The molecule has 0 unspecified atom stereocenters. The van der Waals surface area contributed by atoms with E-state index in [0.29, 0.717) is 5.69 Å². The molecule has 3 nitrogen and oxygen atoms in total. The zero-order valence-electron chi connectivity index (χ0n) is 6.13. The second kappa shape index (κ2) is 3.60. The molecule has 0 saturated heterocycles. The third-order valence-electron chi connectivity index (χ3n) is 1.42. The molecular weight excluding hydrogens is 162 g/mol. The molecule has 58 valence electrons. The standard InChI is InChI=1S/C6H8BClN2O/c1-7-4-2-5(10-11)6(8)9-3-4/h2-3,7,10-11H,1H3.